The van der Waals surface area contributed by atoms with Crippen molar-refractivity contribution in [3.05, 3.63) is 172 Å². The molecule has 0 N–H and O–H groups in total. The first kappa shape index (κ1) is 40.7. The summed E-state index contributed by atoms with van der Waals surface area (Å²) in [6.45, 7) is 5.41. The highest BCUT2D eigenvalue weighted by molar-refractivity contribution is 5.89. The van der Waals surface area contributed by atoms with E-state index >= 15 is 0 Å². The zero-order valence-electron chi connectivity index (χ0n) is 33.2. The number of carbonyl (C=O) groups is 1. The fraction of sp³-hybridized carbons (Fsp3) is 0.353. The molecule has 0 aliphatic heterocycles. The number of carbonyl (C=O) groups excluding carboxylic acids is 1. The average Bonchev–Trinajstić information content (AvgIpc) is 3.26. The number of hydrogen-bond donors (Lipinski definition) is 0. The molecule has 0 amide bonds. The Balaban J connectivity index is 1.08. The van der Waals surface area contributed by atoms with Crippen molar-refractivity contribution < 1.29 is 24.0 Å². The fourth-order valence-corrected chi connectivity index (χ4v) is 7.52. The molecule has 5 aromatic carbocycles. The van der Waals surface area contributed by atoms with Crippen LogP contribution in [0.3, 0.4) is 0 Å². The molecule has 0 unspecified atom stereocenters. The molecule has 1 saturated carbocycles. The van der Waals surface area contributed by atoms with Gasteiger partial charge in [-0.15, -0.1) is 0 Å². The molecule has 1 aliphatic carbocycles. The van der Waals surface area contributed by atoms with Gasteiger partial charge in [0.2, 0.25) is 0 Å². The summed E-state index contributed by atoms with van der Waals surface area (Å²) in [5.41, 5.74) is 6.65. The number of ether oxygens (including phenoxy) is 2. The quantitative estimate of drug-likeness (QED) is 0.0261. The molecule has 0 spiro atoms. The molecule has 5 heteroatoms. The molecule has 56 heavy (non-hydrogen) atoms. The van der Waals surface area contributed by atoms with Crippen LogP contribution in [0.2, 0.25) is 0 Å². The van der Waals surface area contributed by atoms with Crippen LogP contribution in [-0.2, 0) is 21.1 Å². The molecule has 1 fully saturated rings. The van der Waals surface area contributed by atoms with Crippen molar-refractivity contribution in [2.24, 2.45) is 5.92 Å². The second kappa shape index (κ2) is 21.9. The van der Waals surface area contributed by atoms with E-state index in [1.165, 1.54) is 56.9 Å². The second-order valence-corrected chi connectivity index (χ2v) is 15.1. The first-order valence-corrected chi connectivity index (χ1v) is 20.8. The molecule has 5 aromatic rings. The van der Waals surface area contributed by atoms with Gasteiger partial charge in [-0.05, 0) is 102 Å². The lowest BCUT2D eigenvalue weighted by molar-refractivity contribution is -0.350. The Morgan fingerprint density at radius 1 is 0.643 bits per heavy atom. The lowest BCUT2D eigenvalue weighted by Gasteiger charge is -2.29. The van der Waals surface area contributed by atoms with E-state index < -0.39 is 18.2 Å². The molecule has 0 aromatic heterocycles. The highest BCUT2D eigenvalue weighted by atomic mass is 17.2. The predicted octanol–water partition coefficient (Wildman–Crippen LogP) is 13.7. The Kier molecular flexibility index (Phi) is 15.9. The normalized spacial score (nSPS) is 16.7. The topological polar surface area (TPSA) is 54.0 Å². The van der Waals surface area contributed by atoms with Crippen LogP contribution in [0.15, 0.2) is 133 Å². The van der Waals surface area contributed by atoms with Gasteiger partial charge in [-0.25, -0.2) is 14.6 Å². The van der Waals surface area contributed by atoms with E-state index in [0.29, 0.717) is 11.5 Å². The van der Waals surface area contributed by atoms with Crippen LogP contribution in [0.4, 0.5) is 0 Å². The number of benzene rings is 5. The van der Waals surface area contributed by atoms with E-state index in [1.807, 2.05) is 97.1 Å². The van der Waals surface area contributed by atoms with Crippen LogP contribution >= 0.6 is 0 Å². The second-order valence-electron chi connectivity index (χ2n) is 15.1. The van der Waals surface area contributed by atoms with Crippen molar-refractivity contribution in [3.63, 3.8) is 0 Å². The van der Waals surface area contributed by atoms with Gasteiger partial charge in [0, 0.05) is 0 Å². The number of rotatable bonds is 20. The average molecular weight is 751 g/mol. The SMILES string of the molecule is CCCCCC1CCC(c2ccc(C(=O)O[C@@H](c3ccccc3)[C@@H](OOCc3ccc(/C=C/c4ccc(OCCCC)cc4)cc3)c3ccccc3)cc2)CC1. The van der Waals surface area contributed by atoms with Gasteiger partial charge in [0.25, 0.3) is 0 Å². The molecule has 0 radical (unpaired) electrons. The summed E-state index contributed by atoms with van der Waals surface area (Å²) >= 11 is 0. The zero-order chi connectivity index (χ0) is 38.8. The van der Waals surface area contributed by atoms with Crippen molar-refractivity contribution >= 4 is 18.1 Å². The van der Waals surface area contributed by atoms with Crippen LogP contribution in [0.5, 0.6) is 5.75 Å². The molecule has 6 rings (SSSR count). The molecule has 1 aliphatic rings. The molecule has 0 heterocycles. The summed E-state index contributed by atoms with van der Waals surface area (Å²) in [6.07, 6.45) is 15.3. The van der Waals surface area contributed by atoms with Gasteiger partial charge in [-0.1, -0.05) is 167 Å². The molecular formula is C51H58O5. The van der Waals surface area contributed by atoms with Crippen LogP contribution in [0, 0.1) is 5.92 Å². The molecular weight excluding hydrogens is 693 g/mol. The summed E-state index contributed by atoms with van der Waals surface area (Å²) < 4.78 is 12.1. The van der Waals surface area contributed by atoms with Gasteiger partial charge in [0.15, 0.2) is 12.2 Å². The Bertz CT molecular complexity index is 1880. The van der Waals surface area contributed by atoms with E-state index in [1.54, 1.807) is 0 Å². The first-order chi connectivity index (χ1) is 27.6. The molecule has 0 saturated heterocycles. The monoisotopic (exact) mass is 750 g/mol. The smallest absolute Gasteiger partial charge is 0.338 e. The van der Waals surface area contributed by atoms with Gasteiger partial charge in [0.1, 0.15) is 12.4 Å². The van der Waals surface area contributed by atoms with Gasteiger partial charge in [-0.3, -0.25) is 0 Å². The van der Waals surface area contributed by atoms with E-state index in [9.17, 15) is 4.79 Å². The number of unbranched alkanes of at least 4 members (excludes halogenated alkanes) is 3. The van der Waals surface area contributed by atoms with E-state index in [4.69, 9.17) is 19.2 Å². The van der Waals surface area contributed by atoms with E-state index in [-0.39, 0.29) is 6.61 Å². The third-order valence-corrected chi connectivity index (χ3v) is 10.9. The Hall–Kier alpha value is -4.97. The van der Waals surface area contributed by atoms with E-state index in [0.717, 1.165) is 58.9 Å². The predicted molar refractivity (Wildman–Crippen MR) is 227 cm³/mol. The maximum absolute atomic E-state index is 13.8. The molecule has 292 valence electrons. The Labute approximate surface area is 334 Å². The Morgan fingerprint density at radius 2 is 1.23 bits per heavy atom. The molecule has 2 atom stereocenters. The highest BCUT2D eigenvalue weighted by Gasteiger charge is 2.31. The van der Waals surface area contributed by atoms with Crippen molar-refractivity contribution in [2.75, 3.05) is 6.61 Å². The zero-order valence-corrected chi connectivity index (χ0v) is 33.2. The van der Waals surface area contributed by atoms with Crippen molar-refractivity contribution in [2.45, 2.75) is 103 Å². The van der Waals surface area contributed by atoms with E-state index in [2.05, 4.69) is 62.4 Å². The van der Waals surface area contributed by atoms with Crippen molar-refractivity contribution in [1.29, 1.82) is 0 Å². The van der Waals surface area contributed by atoms with Gasteiger partial charge >= 0.3 is 5.97 Å². The summed E-state index contributed by atoms with van der Waals surface area (Å²) in [5, 5.41) is 0. The lowest BCUT2D eigenvalue weighted by atomic mass is 9.77. The van der Waals surface area contributed by atoms with Crippen LogP contribution < -0.4 is 4.74 Å². The Morgan fingerprint density at radius 3 is 1.84 bits per heavy atom. The maximum Gasteiger partial charge on any atom is 0.338 e. The summed E-state index contributed by atoms with van der Waals surface area (Å²) in [5.74, 6) is 1.92. The maximum atomic E-state index is 13.8. The minimum absolute atomic E-state index is 0.227. The molecule has 5 nitrogen and oxygen atoms in total. The fourth-order valence-electron chi connectivity index (χ4n) is 7.52. The summed E-state index contributed by atoms with van der Waals surface area (Å²) in [4.78, 5) is 26.0. The van der Waals surface area contributed by atoms with Crippen LogP contribution in [0.1, 0.15) is 140 Å². The third-order valence-electron chi connectivity index (χ3n) is 10.9. The van der Waals surface area contributed by atoms with Gasteiger partial charge in [0.05, 0.1) is 12.2 Å². The molecule has 0 bridgehead atoms. The van der Waals surface area contributed by atoms with Crippen LogP contribution in [0.25, 0.3) is 12.2 Å². The number of esters is 1. The third kappa shape index (κ3) is 12.3. The van der Waals surface area contributed by atoms with Gasteiger partial charge in [-0.2, -0.15) is 0 Å². The first-order valence-electron chi connectivity index (χ1n) is 20.8. The standard InChI is InChI=1S/C51H58O5/c1-3-5-9-14-39-25-29-43(30-26-39)44-31-33-47(34-32-44)51(52)55-49(45-15-10-7-11-16-45)50(46-17-12-8-13-18-46)56-54-38-42-23-21-40(22-24-42)19-20-41-27-35-48(36-28-41)53-37-6-4-2/h7-8,10-13,15-24,27-28,31-36,39,43,49-50H,3-6,9,14,25-26,29-30,37-38H2,1-2H3/b20-19+/t39?,43?,49-,50-/m0/s1. The summed E-state index contributed by atoms with van der Waals surface area (Å²) in [6, 6.07) is 44.0. The van der Waals surface area contributed by atoms with Crippen molar-refractivity contribution in [1.82, 2.24) is 0 Å². The highest BCUT2D eigenvalue weighted by Crippen LogP contribution is 2.39. The van der Waals surface area contributed by atoms with Crippen LogP contribution in [-0.4, -0.2) is 12.6 Å². The minimum Gasteiger partial charge on any atom is -0.494 e. The largest absolute Gasteiger partial charge is 0.494 e. The van der Waals surface area contributed by atoms with Gasteiger partial charge < -0.3 is 9.47 Å². The number of hydrogen-bond acceptors (Lipinski definition) is 5. The summed E-state index contributed by atoms with van der Waals surface area (Å²) in [7, 11) is 0. The minimum atomic E-state index is -0.752. The lowest BCUT2D eigenvalue weighted by Crippen LogP contribution is -2.21. The van der Waals surface area contributed by atoms with Crippen molar-refractivity contribution in [3.8, 4) is 5.75 Å².